The fraction of sp³-hybridized carbons (Fsp3) is 0.435. The van der Waals surface area contributed by atoms with Crippen molar-refractivity contribution >= 4 is 5.71 Å². The monoisotopic (exact) mass is 351 g/mol. The normalized spacial score (nSPS) is 15.1. The lowest BCUT2D eigenvalue weighted by molar-refractivity contribution is 0.354. The van der Waals surface area contributed by atoms with Gasteiger partial charge in [0.2, 0.25) is 0 Å². The fourth-order valence-electron chi connectivity index (χ4n) is 3.55. The van der Waals surface area contributed by atoms with Crippen LogP contribution in [-0.4, -0.2) is 26.5 Å². The first-order chi connectivity index (χ1) is 12.3. The highest BCUT2D eigenvalue weighted by Crippen LogP contribution is 2.35. The van der Waals surface area contributed by atoms with E-state index in [1.807, 2.05) is 0 Å². The summed E-state index contributed by atoms with van der Waals surface area (Å²) in [5.41, 5.74) is 6.41. The van der Waals surface area contributed by atoms with Crippen LogP contribution in [0.1, 0.15) is 55.9 Å². The molecular weight excluding hydrogens is 322 g/mol. The summed E-state index contributed by atoms with van der Waals surface area (Å²) in [4.78, 5) is 4.87. The molecule has 0 fully saturated rings. The van der Waals surface area contributed by atoms with Gasteiger partial charge in [-0.3, -0.25) is 4.99 Å². The molecule has 1 atom stereocenters. The van der Waals surface area contributed by atoms with Gasteiger partial charge in [-0.25, -0.2) is 0 Å². The van der Waals surface area contributed by atoms with E-state index in [0.29, 0.717) is 0 Å². The second-order valence-corrected chi connectivity index (χ2v) is 7.97. The molecule has 0 spiro atoms. The third-order valence-corrected chi connectivity index (χ3v) is 5.24. The summed E-state index contributed by atoms with van der Waals surface area (Å²) in [6.45, 7) is 9.78. The quantitative estimate of drug-likeness (QED) is 0.762. The molecule has 2 aromatic rings. The lowest BCUT2D eigenvalue weighted by Gasteiger charge is -2.25. The van der Waals surface area contributed by atoms with Crippen LogP contribution in [0.15, 0.2) is 41.4 Å². The number of methoxy groups -OCH3 is 2. The van der Waals surface area contributed by atoms with Gasteiger partial charge in [0.25, 0.3) is 0 Å². The number of aliphatic imine (C=N–C) groups is 1. The third-order valence-electron chi connectivity index (χ3n) is 5.24. The number of benzene rings is 2. The molecule has 1 aliphatic rings. The Morgan fingerprint density at radius 3 is 2.15 bits per heavy atom. The smallest absolute Gasteiger partial charge is 0.161 e. The molecule has 0 bridgehead atoms. The van der Waals surface area contributed by atoms with Gasteiger partial charge in [-0.2, -0.15) is 0 Å². The number of hydrogen-bond donors (Lipinski definition) is 0. The van der Waals surface area contributed by atoms with Gasteiger partial charge in [0.1, 0.15) is 0 Å². The minimum absolute atomic E-state index is 0.167. The second kappa shape index (κ2) is 7.14. The average Bonchev–Trinajstić information content (AvgIpc) is 2.65. The van der Waals surface area contributed by atoms with E-state index in [1.165, 1.54) is 22.3 Å². The molecule has 26 heavy (non-hydrogen) atoms. The Morgan fingerprint density at radius 2 is 1.58 bits per heavy atom. The van der Waals surface area contributed by atoms with Crippen LogP contribution in [-0.2, 0) is 11.8 Å². The molecule has 3 nitrogen and oxygen atoms in total. The van der Waals surface area contributed by atoms with E-state index >= 15 is 0 Å². The average molecular weight is 351 g/mol. The van der Waals surface area contributed by atoms with Crippen molar-refractivity contribution in [2.24, 2.45) is 4.99 Å². The molecule has 0 radical (unpaired) electrons. The van der Waals surface area contributed by atoms with Crippen LogP contribution in [0.2, 0.25) is 0 Å². The predicted octanol–water partition coefficient (Wildman–Crippen LogP) is 5.15. The van der Waals surface area contributed by atoms with E-state index < -0.39 is 0 Å². The third kappa shape index (κ3) is 3.48. The lowest BCUT2D eigenvalue weighted by atomic mass is 9.83. The summed E-state index contributed by atoms with van der Waals surface area (Å²) < 4.78 is 11.0. The number of nitrogens with zero attached hydrogens (tertiary/aromatic N) is 1. The maximum atomic E-state index is 5.51. The van der Waals surface area contributed by atoms with Crippen LogP contribution < -0.4 is 9.47 Å². The molecule has 0 saturated carbocycles. The minimum atomic E-state index is 0.167. The van der Waals surface area contributed by atoms with E-state index in [0.717, 1.165) is 30.2 Å². The van der Waals surface area contributed by atoms with Gasteiger partial charge in [0, 0.05) is 23.7 Å². The van der Waals surface area contributed by atoms with Gasteiger partial charge in [-0.05, 0) is 40.7 Å². The van der Waals surface area contributed by atoms with Crippen LogP contribution in [0, 0.1) is 0 Å². The van der Waals surface area contributed by atoms with Crippen LogP contribution in [0.3, 0.4) is 0 Å². The van der Waals surface area contributed by atoms with E-state index in [1.54, 1.807) is 14.2 Å². The highest BCUT2D eigenvalue weighted by Gasteiger charge is 2.24. The van der Waals surface area contributed by atoms with Crippen molar-refractivity contribution in [2.75, 3.05) is 20.8 Å². The largest absolute Gasteiger partial charge is 0.493 e. The van der Waals surface area contributed by atoms with Crippen molar-refractivity contribution in [1.82, 2.24) is 0 Å². The van der Waals surface area contributed by atoms with Crippen molar-refractivity contribution < 1.29 is 9.47 Å². The first-order valence-corrected chi connectivity index (χ1v) is 9.25. The van der Waals surface area contributed by atoms with Crippen LogP contribution >= 0.6 is 0 Å². The van der Waals surface area contributed by atoms with E-state index in [-0.39, 0.29) is 11.3 Å². The van der Waals surface area contributed by atoms with Gasteiger partial charge in [-0.1, -0.05) is 52.0 Å². The molecule has 0 N–H and O–H groups in total. The van der Waals surface area contributed by atoms with Crippen molar-refractivity contribution in [3.05, 3.63) is 58.7 Å². The fourth-order valence-corrected chi connectivity index (χ4v) is 3.55. The highest BCUT2D eigenvalue weighted by molar-refractivity contribution is 6.07. The number of hydrogen-bond acceptors (Lipinski definition) is 3. The SMILES string of the molecule is COc1cc2c(cc1OC)C(C(C)c1ccc(C(C)(C)C)cc1)=NCC2. The lowest BCUT2D eigenvalue weighted by Crippen LogP contribution is -2.19. The zero-order valence-corrected chi connectivity index (χ0v) is 16.7. The summed E-state index contributed by atoms with van der Waals surface area (Å²) in [6.07, 6.45) is 0.939. The zero-order chi connectivity index (χ0) is 18.9. The molecule has 0 aliphatic carbocycles. The Hall–Kier alpha value is -2.29. The Kier molecular flexibility index (Phi) is 5.08. The van der Waals surface area contributed by atoms with Gasteiger partial charge < -0.3 is 9.47 Å². The predicted molar refractivity (Wildman–Crippen MR) is 108 cm³/mol. The minimum Gasteiger partial charge on any atom is -0.493 e. The highest BCUT2D eigenvalue weighted by atomic mass is 16.5. The molecule has 1 heterocycles. The van der Waals surface area contributed by atoms with Gasteiger partial charge in [0.15, 0.2) is 11.5 Å². The van der Waals surface area contributed by atoms with E-state index in [2.05, 4.69) is 64.1 Å². The Labute approximate surface area is 157 Å². The molecule has 0 amide bonds. The summed E-state index contributed by atoms with van der Waals surface area (Å²) in [6, 6.07) is 13.1. The van der Waals surface area contributed by atoms with Crippen LogP contribution in [0.5, 0.6) is 11.5 Å². The molecule has 0 aromatic heterocycles. The Balaban J connectivity index is 1.96. The molecule has 2 aromatic carbocycles. The van der Waals surface area contributed by atoms with E-state index in [4.69, 9.17) is 14.5 Å². The Bertz CT molecular complexity index is 813. The van der Waals surface area contributed by atoms with E-state index in [9.17, 15) is 0 Å². The zero-order valence-electron chi connectivity index (χ0n) is 16.7. The molecule has 1 aliphatic heterocycles. The van der Waals surface area contributed by atoms with Crippen molar-refractivity contribution in [3.63, 3.8) is 0 Å². The molecule has 3 heteroatoms. The topological polar surface area (TPSA) is 30.8 Å². The van der Waals surface area contributed by atoms with Crippen LogP contribution in [0.4, 0.5) is 0 Å². The molecule has 1 unspecified atom stereocenters. The van der Waals surface area contributed by atoms with Crippen LogP contribution in [0.25, 0.3) is 0 Å². The van der Waals surface area contributed by atoms with Gasteiger partial charge >= 0.3 is 0 Å². The first kappa shape index (κ1) is 18.5. The van der Waals surface area contributed by atoms with Gasteiger partial charge in [-0.15, -0.1) is 0 Å². The molecule has 138 valence electrons. The van der Waals surface area contributed by atoms with Crippen molar-refractivity contribution in [2.45, 2.75) is 45.4 Å². The second-order valence-electron chi connectivity index (χ2n) is 7.97. The standard InChI is InChI=1S/C23H29NO2/c1-15(16-7-9-18(10-8-16)23(2,3)4)22-19-14-21(26-6)20(25-5)13-17(19)11-12-24-22/h7-10,13-15H,11-12H2,1-6H3. The number of fused-ring (bicyclic) bond motifs is 1. The maximum absolute atomic E-state index is 5.51. The number of ether oxygens (including phenoxy) is 2. The molecule has 3 rings (SSSR count). The maximum Gasteiger partial charge on any atom is 0.161 e. The van der Waals surface area contributed by atoms with Gasteiger partial charge in [0.05, 0.1) is 14.2 Å². The summed E-state index contributed by atoms with van der Waals surface area (Å²) in [7, 11) is 3.36. The van der Waals surface area contributed by atoms with Crippen molar-refractivity contribution in [3.8, 4) is 11.5 Å². The first-order valence-electron chi connectivity index (χ1n) is 9.25. The number of rotatable bonds is 4. The summed E-state index contributed by atoms with van der Waals surface area (Å²) in [5.74, 6) is 1.78. The van der Waals surface area contributed by atoms with Crippen molar-refractivity contribution in [1.29, 1.82) is 0 Å². The summed E-state index contributed by atoms with van der Waals surface area (Å²) in [5, 5.41) is 0. The molecular formula is C23H29NO2. The Morgan fingerprint density at radius 1 is 0.962 bits per heavy atom. The molecule has 0 saturated heterocycles. The summed E-state index contributed by atoms with van der Waals surface area (Å²) >= 11 is 0.